The van der Waals surface area contributed by atoms with Gasteiger partial charge in [-0.25, -0.2) is 9.36 Å². The Morgan fingerprint density at radius 1 is 1.00 bits per heavy atom. The molecule has 1 aromatic heterocycles. The Hall–Kier alpha value is -3.40. The van der Waals surface area contributed by atoms with E-state index in [9.17, 15) is 9.59 Å². The molecule has 5 unspecified atom stereocenters. The molecular weight excluding hydrogens is 627 g/mol. The molecule has 4 fully saturated rings. The number of nitrogens with zero attached hydrogens (tertiary/aromatic N) is 1. The van der Waals surface area contributed by atoms with Crippen molar-refractivity contribution in [2.24, 2.45) is 17.3 Å². The molecule has 7 rings (SSSR count). The molecule has 1 saturated heterocycles. The largest absolute Gasteiger partial charge is 1.00 e. The number of aromatic nitrogens is 1. The average Bonchev–Trinajstić information content (AvgIpc) is 3.38. The predicted molar refractivity (Wildman–Crippen MR) is 180 cm³/mol. The normalized spacial score (nSPS) is 24.4. The summed E-state index contributed by atoms with van der Waals surface area (Å²) < 4.78 is 27.1. The van der Waals surface area contributed by atoms with Gasteiger partial charge in [-0.1, -0.05) is 56.3 Å². The summed E-state index contributed by atoms with van der Waals surface area (Å²) in [7, 11) is 0.901. The Balaban J connectivity index is 0.00000451. The Bertz CT molecular complexity index is 1610. The van der Waals surface area contributed by atoms with Gasteiger partial charge in [0, 0.05) is 17.7 Å². The topological polar surface area (TPSA) is 87.0 Å². The SMILES string of the molecule is COc1c(CC(NC(=O)Cc2ccc(C[n+]3ccccc3)cc2)B2OC3CC4CC(C4(C)C)C3(C)O2)cccc1C(=O)OC(C)(C)C.[Cl-]. The smallest absolute Gasteiger partial charge is 0.482 e. The van der Waals surface area contributed by atoms with Crippen LogP contribution in [0.3, 0.4) is 0 Å². The highest BCUT2D eigenvalue weighted by molar-refractivity contribution is 6.48. The van der Waals surface area contributed by atoms with Gasteiger partial charge in [-0.2, -0.15) is 0 Å². The van der Waals surface area contributed by atoms with E-state index >= 15 is 0 Å². The molecule has 3 aliphatic carbocycles. The summed E-state index contributed by atoms with van der Waals surface area (Å²) in [6.45, 7) is 13.1. The second-order valence-corrected chi connectivity index (χ2v) is 15.3. The van der Waals surface area contributed by atoms with E-state index in [0.29, 0.717) is 29.6 Å². The summed E-state index contributed by atoms with van der Waals surface area (Å²) in [6.07, 6.45) is 6.69. The Morgan fingerprint density at radius 3 is 2.33 bits per heavy atom. The standard InChI is InChI=1S/C38H47BN2O6.ClH/c1-36(2,3)45-35(43)29-13-11-12-27(34(29)44-7)21-32(39-46-31-23-28-22-30(37(28,4)5)38(31,6)47-39)40-33(42)20-25-14-16-26(17-15-25)24-41-18-9-8-10-19-41;/h8-19,28,30-32H,20-24H2,1-7H3;1H. The van der Waals surface area contributed by atoms with Gasteiger partial charge in [0.25, 0.3) is 0 Å². The molecule has 0 spiro atoms. The van der Waals surface area contributed by atoms with Gasteiger partial charge in [0.1, 0.15) is 16.9 Å². The lowest BCUT2D eigenvalue weighted by atomic mass is 9.43. The van der Waals surface area contributed by atoms with Crippen LogP contribution >= 0.6 is 0 Å². The zero-order chi connectivity index (χ0) is 33.6. The van der Waals surface area contributed by atoms with Gasteiger partial charge >= 0.3 is 13.1 Å². The highest BCUT2D eigenvalue weighted by atomic mass is 35.5. The first kappa shape index (κ1) is 35.9. The van der Waals surface area contributed by atoms with Crippen LogP contribution in [0.1, 0.15) is 81.4 Å². The molecule has 1 N–H and O–H groups in total. The van der Waals surface area contributed by atoms with E-state index in [2.05, 4.69) is 42.8 Å². The monoisotopic (exact) mass is 674 g/mol. The number of amides is 1. The van der Waals surface area contributed by atoms with Gasteiger partial charge < -0.3 is 36.5 Å². The minimum Gasteiger partial charge on any atom is -1.00 e. The van der Waals surface area contributed by atoms with Crippen molar-refractivity contribution in [2.75, 3.05) is 7.11 Å². The summed E-state index contributed by atoms with van der Waals surface area (Å²) in [6, 6.07) is 19.6. The number of ether oxygens (including phenoxy) is 2. The van der Waals surface area contributed by atoms with Crippen LogP contribution in [0.5, 0.6) is 5.75 Å². The highest BCUT2D eigenvalue weighted by Gasteiger charge is 2.68. The van der Waals surface area contributed by atoms with Crippen molar-refractivity contribution in [1.82, 2.24) is 5.32 Å². The Morgan fingerprint density at radius 2 is 1.69 bits per heavy atom. The maximum atomic E-state index is 13.7. The van der Waals surface area contributed by atoms with Crippen LogP contribution in [-0.4, -0.2) is 49.4 Å². The Labute approximate surface area is 291 Å². The molecule has 2 heterocycles. The van der Waals surface area contributed by atoms with E-state index in [0.717, 1.165) is 36.1 Å². The number of para-hydroxylation sites is 1. The number of benzene rings is 2. The minimum atomic E-state index is -0.654. The lowest BCUT2D eigenvalue weighted by Crippen LogP contribution is -3.00. The maximum absolute atomic E-state index is 13.7. The molecule has 5 atom stereocenters. The molecule has 256 valence electrons. The predicted octanol–water partition coefficient (Wildman–Crippen LogP) is 2.53. The maximum Gasteiger partial charge on any atom is 0.482 e. The molecular formula is C38H48BClN2O6. The van der Waals surface area contributed by atoms with Crippen LogP contribution in [0.2, 0.25) is 0 Å². The molecule has 2 bridgehead atoms. The first-order valence-electron chi connectivity index (χ1n) is 16.8. The molecule has 10 heteroatoms. The van der Waals surface area contributed by atoms with Crippen LogP contribution in [0.15, 0.2) is 73.1 Å². The lowest BCUT2D eigenvalue weighted by molar-refractivity contribution is -0.688. The van der Waals surface area contributed by atoms with Crippen molar-refractivity contribution >= 4 is 19.0 Å². The van der Waals surface area contributed by atoms with Crippen molar-refractivity contribution in [1.29, 1.82) is 0 Å². The second-order valence-electron chi connectivity index (χ2n) is 15.3. The van der Waals surface area contributed by atoms with Crippen molar-refractivity contribution in [2.45, 2.75) is 97.0 Å². The number of carbonyl (C=O) groups is 2. The molecule has 3 aromatic rings. The van der Waals surface area contributed by atoms with Crippen LogP contribution in [-0.2, 0) is 38.2 Å². The summed E-state index contributed by atoms with van der Waals surface area (Å²) in [4.78, 5) is 26.8. The average molecular weight is 675 g/mol. The third-order valence-electron chi connectivity index (χ3n) is 10.5. The fraction of sp³-hybridized carbons (Fsp3) is 0.500. The zero-order valence-corrected chi connectivity index (χ0v) is 29.9. The first-order valence-corrected chi connectivity index (χ1v) is 16.8. The van der Waals surface area contributed by atoms with Gasteiger partial charge in [-0.3, -0.25) is 4.79 Å². The van der Waals surface area contributed by atoms with Crippen LogP contribution in [0.25, 0.3) is 0 Å². The van der Waals surface area contributed by atoms with Crippen molar-refractivity contribution in [3.63, 3.8) is 0 Å². The minimum absolute atomic E-state index is 0. The van der Waals surface area contributed by atoms with Crippen molar-refractivity contribution in [3.05, 3.63) is 95.3 Å². The van der Waals surface area contributed by atoms with E-state index in [1.165, 1.54) is 0 Å². The van der Waals surface area contributed by atoms with Gasteiger partial charge in [-0.15, -0.1) is 0 Å². The summed E-state index contributed by atoms with van der Waals surface area (Å²) in [5, 5.41) is 3.26. The van der Waals surface area contributed by atoms with E-state index in [4.69, 9.17) is 18.8 Å². The molecule has 48 heavy (non-hydrogen) atoms. The number of pyridine rings is 1. The van der Waals surface area contributed by atoms with Crippen molar-refractivity contribution in [3.8, 4) is 5.75 Å². The summed E-state index contributed by atoms with van der Waals surface area (Å²) in [5.41, 5.74) is 2.29. The van der Waals surface area contributed by atoms with Crippen LogP contribution in [0, 0.1) is 17.3 Å². The van der Waals surface area contributed by atoms with E-state index in [1.807, 2.05) is 75.6 Å². The molecule has 3 saturated carbocycles. The van der Waals surface area contributed by atoms with Gasteiger partial charge in [-0.05, 0) is 81.4 Å². The molecule has 8 nitrogen and oxygen atoms in total. The fourth-order valence-electron chi connectivity index (χ4n) is 7.96. The quantitative estimate of drug-likeness (QED) is 0.202. The highest BCUT2D eigenvalue weighted by Crippen LogP contribution is 2.65. The first-order chi connectivity index (χ1) is 22.3. The second kappa shape index (κ2) is 13.8. The number of methoxy groups -OCH3 is 1. The molecule has 4 aliphatic rings. The molecule has 1 aliphatic heterocycles. The number of rotatable bonds is 10. The van der Waals surface area contributed by atoms with Gasteiger partial charge in [0.05, 0.1) is 31.2 Å². The number of hydrogen-bond donors (Lipinski definition) is 1. The number of halogens is 1. The lowest BCUT2D eigenvalue weighted by Gasteiger charge is -2.64. The molecule has 2 aromatic carbocycles. The number of nitrogens with one attached hydrogen (secondary N) is 1. The van der Waals surface area contributed by atoms with Crippen molar-refractivity contribution < 1.29 is 45.3 Å². The summed E-state index contributed by atoms with van der Waals surface area (Å²) >= 11 is 0. The number of hydrogen-bond acceptors (Lipinski definition) is 6. The van der Waals surface area contributed by atoms with E-state index in [-0.39, 0.29) is 36.3 Å². The van der Waals surface area contributed by atoms with Crippen LogP contribution in [0.4, 0.5) is 0 Å². The third-order valence-corrected chi connectivity index (χ3v) is 10.5. The number of esters is 1. The van der Waals surface area contributed by atoms with Gasteiger partial charge in [0.2, 0.25) is 5.91 Å². The van der Waals surface area contributed by atoms with Gasteiger partial charge in [0.15, 0.2) is 18.9 Å². The fourth-order valence-corrected chi connectivity index (χ4v) is 7.96. The van der Waals surface area contributed by atoms with E-state index in [1.54, 1.807) is 13.2 Å². The molecule has 0 radical (unpaired) electrons. The third kappa shape index (κ3) is 7.29. The van der Waals surface area contributed by atoms with Crippen LogP contribution < -0.4 is 27.0 Å². The zero-order valence-electron chi connectivity index (χ0n) is 29.1. The molecule has 1 amide bonds. The summed E-state index contributed by atoms with van der Waals surface area (Å²) in [5.74, 6) is 0.325. The number of carbonyl (C=O) groups excluding carboxylic acids is 2. The van der Waals surface area contributed by atoms with E-state index < -0.39 is 30.2 Å². The Kier molecular flexibility index (Phi) is 10.4.